The first-order valence-electron chi connectivity index (χ1n) is 7.81. The molecule has 2 aliphatic rings. The number of rotatable bonds is 4. The van der Waals surface area contributed by atoms with Gasteiger partial charge >= 0.3 is 0 Å². The number of nitrogens with zero attached hydrogens (tertiary/aromatic N) is 1. The van der Waals surface area contributed by atoms with Crippen LogP contribution in [0.5, 0.6) is 0 Å². The smallest absolute Gasteiger partial charge is 0.226 e. The number of piperidine rings is 1. The lowest BCUT2D eigenvalue weighted by atomic mass is 9.94. The Hall–Kier alpha value is -1.06. The predicted octanol–water partition coefficient (Wildman–Crippen LogP) is 2.87. The van der Waals surface area contributed by atoms with Gasteiger partial charge in [-0.05, 0) is 69.9 Å². The fourth-order valence-corrected chi connectivity index (χ4v) is 3.25. The Kier molecular flexibility index (Phi) is 4.23. The zero-order chi connectivity index (χ0) is 14.9. The molecule has 3 nitrogen and oxygen atoms in total. The van der Waals surface area contributed by atoms with Crippen molar-refractivity contribution in [2.45, 2.75) is 38.1 Å². The molecule has 0 atom stereocenters. The van der Waals surface area contributed by atoms with Crippen molar-refractivity contribution in [3.8, 4) is 0 Å². The molecule has 1 aliphatic carbocycles. The van der Waals surface area contributed by atoms with Crippen molar-refractivity contribution in [3.05, 3.63) is 34.9 Å². The van der Waals surface area contributed by atoms with Gasteiger partial charge in [0.15, 0.2) is 0 Å². The zero-order valence-electron chi connectivity index (χ0n) is 12.6. The number of amides is 1. The Morgan fingerprint density at radius 3 is 2.48 bits per heavy atom. The lowest BCUT2D eigenvalue weighted by Crippen LogP contribution is -2.46. The largest absolute Gasteiger partial charge is 0.353 e. The van der Waals surface area contributed by atoms with Gasteiger partial charge in [-0.25, -0.2) is 0 Å². The Bertz CT molecular complexity index is 502. The predicted molar refractivity (Wildman–Crippen MR) is 85.5 cm³/mol. The molecule has 1 aromatic carbocycles. The molecule has 1 N–H and O–H groups in total. The lowest BCUT2D eigenvalue weighted by molar-refractivity contribution is -0.127. The average Bonchev–Trinajstić information content (AvgIpc) is 3.25. The molecule has 0 bridgehead atoms. The van der Waals surface area contributed by atoms with E-state index in [0.29, 0.717) is 6.04 Å². The molecule has 1 heterocycles. The second kappa shape index (κ2) is 5.98. The summed E-state index contributed by atoms with van der Waals surface area (Å²) in [6.07, 6.45) is 4.99. The summed E-state index contributed by atoms with van der Waals surface area (Å²) in [6.45, 7) is 2.16. The summed E-state index contributed by atoms with van der Waals surface area (Å²) in [6, 6.07) is 8.23. The van der Waals surface area contributed by atoms with Crippen LogP contribution in [-0.2, 0) is 11.2 Å². The monoisotopic (exact) mass is 306 g/mol. The number of hydrogen-bond donors (Lipinski definition) is 1. The molecule has 1 amide bonds. The third kappa shape index (κ3) is 3.58. The zero-order valence-corrected chi connectivity index (χ0v) is 13.3. The molecule has 1 aliphatic heterocycles. The minimum absolute atomic E-state index is 0.156. The van der Waals surface area contributed by atoms with Crippen molar-refractivity contribution in [1.82, 2.24) is 10.2 Å². The van der Waals surface area contributed by atoms with E-state index in [1.807, 2.05) is 24.3 Å². The van der Waals surface area contributed by atoms with Crippen LogP contribution in [0.15, 0.2) is 24.3 Å². The second-order valence-corrected chi connectivity index (χ2v) is 7.07. The van der Waals surface area contributed by atoms with Crippen LogP contribution in [0.1, 0.15) is 31.2 Å². The van der Waals surface area contributed by atoms with Gasteiger partial charge in [0.2, 0.25) is 5.91 Å². The highest BCUT2D eigenvalue weighted by atomic mass is 35.5. The Balaban J connectivity index is 1.57. The third-order valence-corrected chi connectivity index (χ3v) is 5.10. The summed E-state index contributed by atoms with van der Waals surface area (Å²) in [5.74, 6) is 0.256. The van der Waals surface area contributed by atoms with Crippen LogP contribution in [0.25, 0.3) is 0 Å². The molecular weight excluding hydrogens is 284 g/mol. The van der Waals surface area contributed by atoms with E-state index in [1.54, 1.807) is 0 Å². The molecule has 0 unspecified atom stereocenters. The number of hydrogen-bond acceptors (Lipinski definition) is 2. The first-order chi connectivity index (χ1) is 10.1. The molecular formula is C17H23ClN2O. The van der Waals surface area contributed by atoms with E-state index in [1.165, 1.54) is 5.56 Å². The molecule has 1 saturated heterocycles. The number of benzene rings is 1. The normalized spacial score (nSPS) is 22.0. The summed E-state index contributed by atoms with van der Waals surface area (Å²) in [5, 5.41) is 4.03. The van der Waals surface area contributed by atoms with Crippen molar-refractivity contribution >= 4 is 17.5 Å². The van der Waals surface area contributed by atoms with Crippen molar-refractivity contribution in [3.63, 3.8) is 0 Å². The highest BCUT2D eigenvalue weighted by Crippen LogP contribution is 2.48. The minimum Gasteiger partial charge on any atom is -0.353 e. The van der Waals surface area contributed by atoms with Crippen molar-refractivity contribution in [1.29, 1.82) is 0 Å². The summed E-state index contributed by atoms with van der Waals surface area (Å²) in [7, 11) is 2.14. The Labute approximate surface area is 131 Å². The van der Waals surface area contributed by atoms with Crippen LogP contribution < -0.4 is 5.32 Å². The second-order valence-electron chi connectivity index (χ2n) is 6.63. The van der Waals surface area contributed by atoms with Gasteiger partial charge in [-0.15, -0.1) is 0 Å². The maximum atomic E-state index is 12.6. The fourth-order valence-electron chi connectivity index (χ4n) is 3.12. The van der Waals surface area contributed by atoms with Gasteiger partial charge in [0, 0.05) is 11.1 Å². The van der Waals surface area contributed by atoms with Crippen molar-refractivity contribution < 1.29 is 4.79 Å². The maximum Gasteiger partial charge on any atom is 0.226 e. The van der Waals surface area contributed by atoms with Gasteiger partial charge in [0.05, 0.1) is 5.41 Å². The van der Waals surface area contributed by atoms with Crippen LogP contribution >= 0.6 is 11.6 Å². The van der Waals surface area contributed by atoms with Crippen LogP contribution in [-0.4, -0.2) is 37.0 Å². The van der Waals surface area contributed by atoms with E-state index < -0.39 is 0 Å². The number of likely N-dealkylation sites (tertiary alicyclic amines) is 1. The molecule has 114 valence electrons. The standard InChI is InChI=1S/C17H23ClN2O/c1-20-10-6-15(7-11-20)19-16(21)17(8-9-17)12-13-2-4-14(18)5-3-13/h2-5,15H,6-12H2,1H3,(H,19,21). The SMILES string of the molecule is CN1CCC(NC(=O)C2(Cc3ccc(Cl)cc3)CC2)CC1. The summed E-state index contributed by atoms with van der Waals surface area (Å²) in [5.41, 5.74) is 1.05. The molecule has 0 aromatic heterocycles. The lowest BCUT2D eigenvalue weighted by Gasteiger charge is -2.30. The van der Waals surface area contributed by atoms with E-state index in [2.05, 4.69) is 17.3 Å². The maximum absolute atomic E-state index is 12.6. The minimum atomic E-state index is -0.156. The number of nitrogens with one attached hydrogen (secondary N) is 1. The molecule has 3 rings (SSSR count). The average molecular weight is 307 g/mol. The van der Waals surface area contributed by atoms with Crippen LogP contribution in [0.2, 0.25) is 5.02 Å². The van der Waals surface area contributed by atoms with E-state index >= 15 is 0 Å². The first-order valence-corrected chi connectivity index (χ1v) is 8.19. The highest BCUT2D eigenvalue weighted by molar-refractivity contribution is 6.30. The van der Waals surface area contributed by atoms with Crippen LogP contribution in [0.4, 0.5) is 0 Å². The molecule has 21 heavy (non-hydrogen) atoms. The van der Waals surface area contributed by atoms with E-state index in [9.17, 15) is 4.79 Å². The van der Waals surface area contributed by atoms with Gasteiger partial charge in [-0.2, -0.15) is 0 Å². The topological polar surface area (TPSA) is 32.3 Å². The fraction of sp³-hybridized carbons (Fsp3) is 0.588. The van der Waals surface area contributed by atoms with Crippen molar-refractivity contribution in [2.24, 2.45) is 5.41 Å². The van der Waals surface area contributed by atoms with Gasteiger partial charge in [0.1, 0.15) is 0 Å². The molecule has 2 fully saturated rings. The number of carbonyl (C=O) groups is 1. The van der Waals surface area contributed by atoms with E-state index in [4.69, 9.17) is 11.6 Å². The molecule has 1 saturated carbocycles. The van der Waals surface area contributed by atoms with Gasteiger partial charge in [-0.3, -0.25) is 4.79 Å². The molecule has 4 heteroatoms. The van der Waals surface area contributed by atoms with Crippen LogP contribution in [0, 0.1) is 5.41 Å². The number of halogens is 1. The van der Waals surface area contributed by atoms with Gasteiger partial charge in [-0.1, -0.05) is 23.7 Å². The third-order valence-electron chi connectivity index (χ3n) is 4.84. The molecule has 0 radical (unpaired) electrons. The Morgan fingerprint density at radius 2 is 1.90 bits per heavy atom. The molecule has 0 spiro atoms. The summed E-state index contributed by atoms with van der Waals surface area (Å²) in [4.78, 5) is 14.9. The Morgan fingerprint density at radius 1 is 1.29 bits per heavy atom. The summed E-state index contributed by atoms with van der Waals surface area (Å²) < 4.78 is 0. The molecule has 1 aromatic rings. The summed E-state index contributed by atoms with van der Waals surface area (Å²) >= 11 is 5.92. The van der Waals surface area contributed by atoms with Gasteiger partial charge in [0.25, 0.3) is 0 Å². The van der Waals surface area contributed by atoms with E-state index in [0.717, 1.165) is 50.2 Å². The van der Waals surface area contributed by atoms with Crippen molar-refractivity contribution in [2.75, 3.05) is 20.1 Å². The quantitative estimate of drug-likeness (QED) is 0.927. The van der Waals surface area contributed by atoms with E-state index in [-0.39, 0.29) is 11.3 Å². The number of carbonyl (C=O) groups excluding carboxylic acids is 1. The first kappa shape index (κ1) is 14.9. The highest BCUT2D eigenvalue weighted by Gasteiger charge is 2.49. The van der Waals surface area contributed by atoms with Gasteiger partial charge < -0.3 is 10.2 Å². The van der Waals surface area contributed by atoms with Crippen LogP contribution in [0.3, 0.4) is 0 Å².